The minimum absolute atomic E-state index is 0.0369. The van der Waals surface area contributed by atoms with Crippen molar-refractivity contribution in [3.8, 4) is 5.88 Å². The molecule has 1 aliphatic rings. The van der Waals surface area contributed by atoms with Gasteiger partial charge in [0.1, 0.15) is 6.61 Å². The predicted molar refractivity (Wildman–Crippen MR) is 75.3 cm³/mol. The molecule has 0 bridgehead atoms. The minimum Gasteiger partial charge on any atom is -0.476 e. The number of ether oxygens (including phenoxy) is 1. The van der Waals surface area contributed by atoms with Crippen molar-refractivity contribution in [1.82, 2.24) is 9.88 Å². The van der Waals surface area contributed by atoms with Crippen LogP contribution in [0.3, 0.4) is 0 Å². The van der Waals surface area contributed by atoms with Crippen LogP contribution in [-0.4, -0.2) is 41.2 Å². The number of hydrogen-bond donors (Lipinski definition) is 1. The molecule has 4 nitrogen and oxygen atoms in total. The van der Waals surface area contributed by atoms with E-state index < -0.39 is 0 Å². The highest BCUT2D eigenvalue weighted by molar-refractivity contribution is 5.24. The molecule has 0 aromatic carbocycles. The number of rotatable bonds is 5. The Morgan fingerprint density at radius 2 is 2.26 bits per heavy atom. The van der Waals surface area contributed by atoms with Gasteiger partial charge in [0.05, 0.1) is 6.61 Å². The third kappa shape index (κ3) is 3.91. The Labute approximate surface area is 115 Å². The molecule has 1 unspecified atom stereocenters. The van der Waals surface area contributed by atoms with E-state index in [0.29, 0.717) is 18.5 Å². The third-order valence-electron chi connectivity index (χ3n) is 3.80. The second kappa shape index (κ2) is 6.87. The molecule has 0 amide bonds. The maximum absolute atomic E-state index is 9.25. The van der Waals surface area contributed by atoms with Crippen molar-refractivity contribution >= 4 is 0 Å². The fourth-order valence-electron chi connectivity index (χ4n) is 2.50. The van der Waals surface area contributed by atoms with E-state index in [0.717, 1.165) is 24.2 Å². The van der Waals surface area contributed by atoms with Gasteiger partial charge in [-0.2, -0.15) is 0 Å². The van der Waals surface area contributed by atoms with Crippen molar-refractivity contribution in [3.05, 3.63) is 23.4 Å². The number of aromatic nitrogens is 1. The summed E-state index contributed by atoms with van der Waals surface area (Å²) in [4.78, 5) is 6.82. The van der Waals surface area contributed by atoms with Crippen LogP contribution < -0.4 is 4.74 Å². The molecule has 19 heavy (non-hydrogen) atoms. The van der Waals surface area contributed by atoms with Crippen molar-refractivity contribution < 1.29 is 9.84 Å². The molecule has 2 rings (SSSR count). The van der Waals surface area contributed by atoms with E-state index in [1.807, 2.05) is 12.1 Å². The molecule has 1 saturated heterocycles. The van der Waals surface area contributed by atoms with Gasteiger partial charge in [-0.1, -0.05) is 13.3 Å². The number of aliphatic hydroxyl groups excluding tert-OH is 1. The third-order valence-corrected chi connectivity index (χ3v) is 3.80. The highest BCUT2D eigenvalue weighted by Crippen LogP contribution is 2.18. The van der Waals surface area contributed by atoms with Gasteiger partial charge in [-0.25, -0.2) is 4.98 Å². The normalized spacial score (nSPS) is 20.5. The lowest BCUT2D eigenvalue weighted by molar-refractivity contribution is 0.122. The number of likely N-dealkylation sites (tertiary alicyclic amines) is 1. The van der Waals surface area contributed by atoms with Gasteiger partial charge in [0.15, 0.2) is 0 Å². The Bertz CT molecular complexity index is 387. The molecule has 0 radical (unpaired) electrons. The molecule has 0 aliphatic carbocycles. The maximum Gasteiger partial charge on any atom is 0.213 e. The Kier molecular flexibility index (Phi) is 5.16. The van der Waals surface area contributed by atoms with Crippen LogP contribution >= 0.6 is 0 Å². The van der Waals surface area contributed by atoms with E-state index in [2.05, 4.69) is 23.9 Å². The van der Waals surface area contributed by atoms with E-state index in [4.69, 9.17) is 4.74 Å². The topological polar surface area (TPSA) is 45.6 Å². The van der Waals surface area contributed by atoms with Gasteiger partial charge >= 0.3 is 0 Å². The summed E-state index contributed by atoms with van der Waals surface area (Å²) < 4.78 is 5.84. The van der Waals surface area contributed by atoms with Crippen molar-refractivity contribution in [3.63, 3.8) is 0 Å². The number of pyridine rings is 1. The largest absolute Gasteiger partial charge is 0.476 e. The van der Waals surface area contributed by atoms with Gasteiger partial charge in [-0.3, -0.25) is 0 Å². The van der Waals surface area contributed by atoms with E-state index >= 15 is 0 Å². The van der Waals surface area contributed by atoms with Crippen LogP contribution in [0.1, 0.15) is 37.4 Å². The molecule has 106 valence electrons. The van der Waals surface area contributed by atoms with Crippen LogP contribution in [0.25, 0.3) is 0 Å². The van der Waals surface area contributed by atoms with Crippen LogP contribution in [-0.2, 0) is 13.0 Å². The zero-order chi connectivity index (χ0) is 13.7. The highest BCUT2D eigenvalue weighted by atomic mass is 16.5. The predicted octanol–water partition coefficient (Wildman–Crippen LogP) is 2.00. The van der Waals surface area contributed by atoms with Crippen LogP contribution in [0, 0.1) is 0 Å². The second-order valence-corrected chi connectivity index (χ2v) is 5.26. The van der Waals surface area contributed by atoms with E-state index in [-0.39, 0.29) is 6.61 Å². The quantitative estimate of drug-likeness (QED) is 0.883. The summed E-state index contributed by atoms with van der Waals surface area (Å²) in [7, 11) is 2.15. The van der Waals surface area contributed by atoms with Crippen molar-refractivity contribution in [2.45, 2.75) is 45.3 Å². The Morgan fingerprint density at radius 1 is 1.42 bits per heavy atom. The smallest absolute Gasteiger partial charge is 0.213 e. The number of nitrogens with zero attached hydrogens (tertiary/aromatic N) is 2. The molecule has 2 heterocycles. The zero-order valence-electron chi connectivity index (χ0n) is 11.9. The fourth-order valence-corrected chi connectivity index (χ4v) is 2.50. The van der Waals surface area contributed by atoms with E-state index in [9.17, 15) is 5.11 Å². The van der Waals surface area contributed by atoms with Gasteiger partial charge in [0.25, 0.3) is 0 Å². The van der Waals surface area contributed by atoms with E-state index in [1.54, 1.807) is 0 Å². The monoisotopic (exact) mass is 264 g/mol. The van der Waals surface area contributed by atoms with Crippen LogP contribution in [0.2, 0.25) is 0 Å². The summed E-state index contributed by atoms with van der Waals surface area (Å²) in [5.41, 5.74) is 1.84. The Morgan fingerprint density at radius 3 is 2.95 bits per heavy atom. The van der Waals surface area contributed by atoms with E-state index in [1.165, 1.54) is 19.3 Å². The summed E-state index contributed by atoms with van der Waals surface area (Å²) >= 11 is 0. The Hall–Kier alpha value is -1.13. The lowest BCUT2D eigenvalue weighted by atomic mass is 10.0. The lowest BCUT2D eigenvalue weighted by Gasteiger charge is -2.32. The SMILES string of the molecule is CCc1cc(CO)cc(OCC2CCCCN2C)n1. The summed E-state index contributed by atoms with van der Waals surface area (Å²) in [5.74, 6) is 0.641. The van der Waals surface area contributed by atoms with Crippen molar-refractivity contribution in [2.24, 2.45) is 0 Å². The molecule has 4 heteroatoms. The maximum atomic E-state index is 9.25. The molecule has 0 saturated carbocycles. The molecule has 1 aromatic rings. The number of aryl methyl sites for hydroxylation is 1. The summed E-state index contributed by atoms with van der Waals surface area (Å²) in [5, 5.41) is 9.25. The first-order chi connectivity index (χ1) is 9.22. The summed E-state index contributed by atoms with van der Waals surface area (Å²) in [6.07, 6.45) is 4.61. The van der Waals surface area contributed by atoms with Gasteiger partial charge in [0.2, 0.25) is 5.88 Å². The molecule has 1 aromatic heterocycles. The first-order valence-electron chi connectivity index (χ1n) is 7.16. The lowest BCUT2D eigenvalue weighted by Crippen LogP contribution is -2.40. The first kappa shape index (κ1) is 14.3. The number of piperidine rings is 1. The molecule has 1 fully saturated rings. The summed E-state index contributed by atoms with van der Waals surface area (Å²) in [6, 6.07) is 4.25. The zero-order valence-corrected chi connectivity index (χ0v) is 11.9. The minimum atomic E-state index is 0.0369. The van der Waals surface area contributed by atoms with Gasteiger partial charge in [0, 0.05) is 17.8 Å². The molecular formula is C15H24N2O2. The standard InChI is InChI=1S/C15H24N2O2/c1-3-13-8-12(10-18)9-15(16-13)19-11-14-6-4-5-7-17(14)2/h8-9,14,18H,3-7,10-11H2,1-2H3. The summed E-state index contributed by atoms with van der Waals surface area (Å²) in [6.45, 7) is 3.93. The van der Waals surface area contributed by atoms with Gasteiger partial charge in [-0.15, -0.1) is 0 Å². The fraction of sp³-hybridized carbons (Fsp3) is 0.667. The molecule has 1 aliphatic heterocycles. The molecular weight excluding hydrogens is 240 g/mol. The van der Waals surface area contributed by atoms with Gasteiger partial charge in [-0.05, 0) is 44.5 Å². The number of likely N-dealkylation sites (N-methyl/N-ethyl adjacent to an activating group) is 1. The second-order valence-electron chi connectivity index (χ2n) is 5.26. The molecule has 1 atom stereocenters. The molecule has 1 N–H and O–H groups in total. The average Bonchev–Trinajstić information content (AvgIpc) is 2.46. The Balaban J connectivity index is 1.98. The number of aliphatic hydroxyl groups is 1. The number of hydrogen-bond acceptors (Lipinski definition) is 4. The van der Waals surface area contributed by atoms with Gasteiger partial charge < -0.3 is 14.7 Å². The molecule has 0 spiro atoms. The highest BCUT2D eigenvalue weighted by Gasteiger charge is 2.19. The van der Waals surface area contributed by atoms with Crippen LogP contribution in [0.15, 0.2) is 12.1 Å². The van der Waals surface area contributed by atoms with Crippen molar-refractivity contribution in [1.29, 1.82) is 0 Å². The van der Waals surface area contributed by atoms with Crippen LogP contribution in [0.5, 0.6) is 5.88 Å². The van der Waals surface area contributed by atoms with Crippen molar-refractivity contribution in [2.75, 3.05) is 20.2 Å². The van der Waals surface area contributed by atoms with Crippen LogP contribution in [0.4, 0.5) is 0 Å². The average molecular weight is 264 g/mol. The first-order valence-corrected chi connectivity index (χ1v) is 7.16.